The molecule has 23 nitrogen and oxygen atoms in total. The lowest BCUT2D eigenvalue weighted by atomic mass is 10.0. The molecule has 0 bridgehead atoms. The fourth-order valence-electron chi connectivity index (χ4n) is 4.96. The first-order chi connectivity index (χ1) is 28.5. The summed E-state index contributed by atoms with van der Waals surface area (Å²) >= 11 is 0. The largest absolute Gasteiger partial charge is 0.490 e. The highest BCUT2D eigenvalue weighted by Crippen LogP contribution is 2.28. The molecule has 3 rings (SSSR count). The Morgan fingerprint density at radius 3 is 1.20 bits per heavy atom. The van der Waals surface area contributed by atoms with Gasteiger partial charge in [0.15, 0.2) is 0 Å². The Balaban J connectivity index is 2.12. The summed E-state index contributed by atoms with van der Waals surface area (Å²) in [6, 6.07) is 14.5. The number of amides is 2. The van der Waals surface area contributed by atoms with Gasteiger partial charge in [0, 0.05) is 40.7 Å². The SMILES string of the molecule is COCCOCCOc1c(C(=O)Nc2cc(/C(C)=N\NC(=N)N)cc(/C(C)=N\NC(=N)N)c2)cccc1C(=O)Nc1cc(/C(C)=N\NC(=N)N)cc(/C(C)=N/NC(=N)N)c1. The highest BCUT2D eigenvalue weighted by molar-refractivity contribution is 6.14. The van der Waals surface area contributed by atoms with E-state index < -0.39 is 11.8 Å². The van der Waals surface area contributed by atoms with Crippen molar-refractivity contribution >= 4 is 69.9 Å². The number of ether oxygens (including phenoxy) is 3. The normalized spacial score (nSPS) is 11.9. The smallest absolute Gasteiger partial charge is 0.259 e. The molecule has 0 fully saturated rings. The molecule has 0 spiro atoms. The number of nitrogens with zero attached hydrogens (tertiary/aromatic N) is 4. The van der Waals surface area contributed by atoms with Gasteiger partial charge in [-0.2, -0.15) is 20.4 Å². The lowest BCUT2D eigenvalue weighted by molar-refractivity contribution is 0.0540. The zero-order valence-corrected chi connectivity index (χ0v) is 33.7. The number of methoxy groups -OCH3 is 1. The number of hydrogen-bond acceptors (Lipinski definition) is 13. The minimum absolute atomic E-state index is 0.00442. The van der Waals surface area contributed by atoms with Gasteiger partial charge in [0.25, 0.3) is 11.8 Å². The van der Waals surface area contributed by atoms with E-state index in [2.05, 4.69) is 52.7 Å². The Morgan fingerprint density at radius 2 is 0.883 bits per heavy atom. The van der Waals surface area contributed by atoms with Crippen LogP contribution in [0.2, 0.25) is 0 Å². The molecule has 3 aromatic rings. The summed E-state index contributed by atoms with van der Waals surface area (Å²) in [4.78, 5) is 28.3. The average molecular weight is 827 g/mol. The average Bonchev–Trinajstić information content (AvgIpc) is 3.20. The third kappa shape index (κ3) is 14.9. The fraction of sp³-hybridized carbons (Fsp3) is 0.243. The standard InChI is InChI=1S/C37H50N18O5/c1-19(48-52-34(38)39)23-13-24(20(2)49-53-35(40)41)16-27(15-23)46-32(56)29-7-6-8-30(31(29)60-12-11-59-10-9-58-5)33(57)47-28-17-25(21(3)50-54-36(42)43)14-26(18-28)22(4)51-55-37(44)45/h6-8,13-18H,9-12H2,1-5H3,(H,46,56)(H,47,57)(H4,38,39,52)(H4,40,41,53)(H4,42,43,54)(H4,44,45,55)/b48-19-,49-20-,50-21-,51-22+. The van der Waals surface area contributed by atoms with Crippen LogP contribution >= 0.6 is 0 Å². The Labute approximate surface area is 345 Å². The van der Waals surface area contributed by atoms with E-state index >= 15 is 0 Å². The number of hydrogen-bond donors (Lipinski definition) is 14. The van der Waals surface area contributed by atoms with Crippen LogP contribution in [0.5, 0.6) is 5.75 Å². The van der Waals surface area contributed by atoms with Crippen LogP contribution in [-0.2, 0) is 9.47 Å². The van der Waals surface area contributed by atoms with Crippen molar-refractivity contribution in [2.45, 2.75) is 27.7 Å². The number of para-hydroxylation sites is 1. The molecule has 60 heavy (non-hydrogen) atoms. The van der Waals surface area contributed by atoms with E-state index in [0.717, 1.165) is 0 Å². The zero-order chi connectivity index (χ0) is 44.4. The lowest BCUT2D eigenvalue weighted by Crippen LogP contribution is -2.27. The van der Waals surface area contributed by atoms with E-state index in [1.807, 2.05) is 0 Å². The Kier molecular flexibility index (Phi) is 17.6. The number of carbonyl (C=O) groups is 2. The summed E-state index contributed by atoms with van der Waals surface area (Å²) in [5.41, 5.74) is 35.5. The molecule has 0 aromatic heterocycles. The van der Waals surface area contributed by atoms with Crippen molar-refractivity contribution in [1.29, 1.82) is 21.6 Å². The summed E-state index contributed by atoms with van der Waals surface area (Å²) < 4.78 is 16.7. The summed E-state index contributed by atoms with van der Waals surface area (Å²) in [6.45, 7) is 7.36. The second-order valence-electron chi connectivity index (χ2n) is 12.5. The quantitative estimate of drug-likeness (QED) is 0.0348. The van der Waals surface area contributed by atoms with Crippen LogP contribution in [0, 0.1) is 21.6 Å². The van der Waals surface area contributed by atoms with Crippen molar-refractivity contribution < 1.29 is 23.8 Å². The summed E-state index contributed by atoms with van der Waals surface area (Å²) in [5, 5.41) is 52.1. The molecule has 0 heterocycles. The van der Waals surface area contributed by atoms with Crippen molar-refractivity contribution in [3.05, 3.63) is 88.0 Å². The number of guanidine groups is 4. The predicted molar refractivity (Wildman–Crippen MR) is 232 cm³/mol. The maximum Gasteiger partial charge on any atom is 0.259 e. The first-order valence-electron chi connectivity index (χ1n) is 17.8. The molecule has 2 amide bonds. The van der Waals surface area contributed by atoms with Crippen LogP contribution in [0.3, 0.4) is 0 Å². The first-order valence-corrected chi connectivity index (χ1v) is 17.8. The Morgan fingerprint density at radius 1 is 0.550 bits per heavy atom. The minimum Gasteiger partial charge on any atom is -0.490 e. The lowest BCUT2D eigenvalue weighted by Gasteiger charge is -2.17. The van der Waals surface area contributed by atoms with Crippen molar-refractivity contribution in [3.8, 4) is 5.75 Å². The third-order valence-corrected chi connectivity index (χ3v) is 7.84. The van der Waals surface area contributed by atoms with Crippen molar-refractivity contribution in [3.63, 3.8) is 0 Å². The van der Waals surface area contributed by atoms with Gasteiger partial charge in [0.1, 0.15) is 12.4 Å². The molecule has 0 saturated heterocycles. The van der Waals surface area contributed by atoms with E-state index in [-0.39, 0.29) is 60.5 Å². The van der Waals surface area contributed by atoms with Crippen LogP contribution in [0.4, 0.5) is 11.4 Å². The number of anilines is 2. The molecule has 0 unspecified atom stereocenters. The molecule has 3 aromatic carbocycles. The van der Waals surface area contributed by atoms with Crippen LogP contribution in [0.25, 0.3) is 0 Å². The van der Waals surface area contributed by atoms with Gasteiger partial charge in [-0.15, -0.1) is 0 Å². The van der Waals surface area contributed by atoms with Crippen molar-refractivity contribution in [2.75, 3.05) is 44.2 Å². The highest BCUT2D eigenvalue weighted by atomic mass is 16.5. The van der Waals surface area contributed by atoms with Gasteiger partial charge in [-0.1, -0.05) is 6.07 Å². The number of rotatable bonds is 19. The minimum atomic E-state index is -0.644. The number of hydrazone groups is 4. The number of benzene rings is 3. The van der Waals surface area contributed by atoms with Crippen LogP contribution in [0.1, 0.15) is 70.7 Å². The van der Waals surface area contributed by atoms with E-state index in [0.29, 0.717) is 63.1 Å². The predicted octanol–water partition coefficient (Wildman–Crippen LogP) is 1.06. The molecule has 0 aliphatic rings. The van der Waals surface area contributed by atoms with Gasteiger partial charge >= 0.3 is 0 Å². The van der Waals surface area contributed by atoms with Crippen molar-refractivity contribution in [1.82, 2.24) is 21.7 Å². The van der Waals surface area contributed by atoms with E-state index in [4.69, 9.17) is 58.8 Å². The van der Waals surface area contributed by atoms with E-state index in [9.17, 15) is 9.59 Å². The summed E-state index contributed by atoms with van der Waals surface area (Å²) in [6.07, 6.45) is 0. The number of nitrogens with one attached hydrogen (secondary N) is 10. The van der Waals surface area contributed by atoms with Crippen LogP contribution < -0.4 is 60.0 Å². The number of carbonyl (C=O) groups excluding carboxylic acids is 2. The van der Waals surface area contributed by atoms with Gasteiger partial charge < -0.3 is 47.8 Å². The van der Waals surface area contributed by atoms with Gasteiger partial charge in [-0.05, 0) is 76.2 Å². The van der Waals surface area contributed by atoms with E-state index in [1.54, 1.807) is 71.2 Å². The van der Waals surface area contributed by atoms with Crippen LogP contribution in [-0.4, -0.2) is 92.0 Å². The van der Waals surface area contributed by atoms with Gasteiger partial charge in [0.05, 0.1) is 53.8 Å². The van der Waals surface area contributed by atoms with Gasteiger partial charge in [0.2, 0.25) is 23.8 Å². The molecule has 0 aliphatic carbocycles. The molecule has 0 radical (unpaired) electrons. The molecule has 0 saturated carbocycles. The summed E-state index contributed by atoms with van der Waals surface area (Å²) in [5.74, 6) is -2.86. The second-order valence-corrected chi connectivity index (χ2v) is 12.5. The molecule has 23 heteroatoms. The molecule has 0 atom stereocenters. The van der Waals surface area contributed by atoms with Crippen LogP contribution in [0.15, 0.2) is 75.0 Å². The molecule has 18 N–H and O–H groups in total. The number of nitrogens with two attached hydrogens (primary N) is 4. The fourth-order valence-corrected chi connectivity index (χ4v) is 4.96. The van der Waals surface area contributed by atoms with Gasteiger partial charge in [-0.25, -0.2) is 21.7 Å². The molecule has 318 valence electrons. The Hall–Kier alpha value is -7.92. The Bertz CT molecular complexity index is 1990. The molecular formula is C37H50N18O5. The third-order valence-electron chi connectivity index (χ3n) is 7.84. The first kappa shape index (κ1) is 46.5. The van der Waals surface area contributed by atoms with Crippen molar-refractivity contribution in [2.24, 2.45) is 43.3 Å². The maximum atomic E-state index is 14.2. The molecular weight excluding hydrogens is 777 g/mol. The second kappa shape index (κ2) is 22.7. The van der Waals surface area contributed by atoms with Gasteiger partial charge in [-0.3, -0.25) is 31.2 Å². The topological polar surface area (TPSA) is 383 Å². The monoisotopic (exact) mass is 826 g/mol. The summed E-state index contributed by atoms with van der Waals surface area (Å²) in [7, 11) is 1.54. The van der Waals surface area contributed by atoms with E-state index in [1.165, 1.54) is 18.2 Å². The highest BCUT2D eigenvalue weighted by Gasteiger charge is 2.22. The zero-order valence-electron chi connectivity index (χ0n) is 33.7. The maximum absolute atomic E-state index is 14.2. The molecule has 0 aliphatic heterocycles.